The first-order valence-corrected chi connectivity index (χ1v) is 13.8. The summed E-state index contributed by atoms with van der Waals surface area (Å²) in [5, 5.41) is 2.73. The Morgan fingerprint density at radius 1 is 1.05 bits per heavy atom. The lowest BCUT2D eigenvalue weighted by molar-refractivity contribution is -0.315. The van der Waals surface area contributed by atoms with Gasteiger partial charge in [-0.2, -0.15) is 0 Å². The van der Waals surface area contributed by atoms with E-state index in [1.165, 1.54) is 54.0 Å². The monoisotopic (exact) mass is 506 g/mol. The molecular weight excluding hydrogens is 467 g/mol. The molecule has 37 heavy (non-hydrogen) atoms. The Balaban J connectivity index is 1.08. The highest BCUT2D eigenvalue weighted by Gasteiger charge is 2.38. The molecule has 2 fully saturated rings. The van der Waals surface area contributed by atoms with Crippen LogP contribution >= 0.6 is 0 Å². The Hall–Kier alpha value is -2.45. The van der Waals surface area contributed by atoms with Crippen LogP contribution in [0, 0.1) is 11.7 Å². The van der Waals surface area contributed by atoms with E-state index >= 15 is 0 Å². The number of likely N-dealkylation sites (tertiary alicyclic amines) is 1. The zero-order valence-corrected chi connectivity index (χ0v) is 22.3. The molecule has 1 unspecified atom stereocenters. The number of nitrogens with zero attached hydrogens (tertiary/aromatic N) is 3. The van der Waals surface area contributed by atoms with Crippen molar-refractivity contribution in [2.45, 2.75) is 63.6 Å². The van der Waals surface area contributed by atoms with Crippen LogP contribution < -0.4 is 4.84 Å². The molecule has 1 aromatic heterocycles. The molecule has 1 aliphatic carbocycles. The van der Waals surface area contributed by atoms with Crippen LogP contribution in [0.1, 0.15) is 72.7 Å². The van der Waals surface area contributed by atoms with Gasteiger partial charge in [0.15, 0.2) is 5.75 Å². The number of nitrogens with one attached hydrogen (secondary N) is 1. The summed E-state index contributed by atoms with van der Waals surface area (Å²) in [7, 11) is 5.96. The number of fused-ring (bicyclic) bond motifs is 2. The average Bonchev–Trinajstić information content (AvgIpc) is 3.56. The molecule has 0 amide bonds. The van der Waals surface area contributed by atoms with Gasteiger partial charge < -0.3 is 14.7 Å². The molecule has 7 heteroatoms. The molecule has 1 saturated heterocycles. The zero-order chi connectivity index (χ0) is 25.5. The van der Waals surface area contributed by atoms with Crippen LogP contribution in [0.2, 0.25) is 0 Å². The fourth-order valence-corrected chi connectivity index (χ4v) is 6.33. The Bertz CT molecular complexity index is 1250. The summed E-state index contributed by atoms with van der Waals surface area (Å²) in [5.74, 6) is 2.24. The third-order valence-corrected chi connectivity index (χ3v) is 8.47. The maximum absolute atomic E-state index is 13.8. The van der Waals surface area contributed by atoms with Crippen LogP contribution in [0.5, 0.6) is 5.75 Å². The summed E-state index contributed by atoms with van der Waals surface area (Å²) in [6, 6.07) is 9.76. The predicted molar refractivity (Wildman–Crippen MR) is 144 cm³/mol. The van der Waals surface area contributed by atoms with E-state index in [9.17, 15) is 4.39 Å². The van der Waals surface area contributed by atoms with Crippen molar-refractivity contribution in [2.75, 3.05) is 34.3 Å². The van der Waals surface area contributed by atoms with Gasteiger partial charge in [0, 0.05) is 41.3 Å². The number of piperidine rings is 1. The van der Waals surface area contributed by atoms with Crippen molar-refractivity contribution >= 4 is 10.9 Å². The van der Waals surface area contributed by atoms with E-state index in [1.54, 1.807) is 18.4 Å². The fraction of sp³-hybridized carbons (Fsp3) is 0.533. The van der Waals surface area contributed by atoms with E-state index in [-0.39, 0.29) is 11.9 Å². The minimum Gasteiger partial charge on any atom is -0.379 e. The summed E-state index contributed by atoms with van der Waals surface area (Å²) < 4.78 is 13.8. The molecule has 6 rings (SSSR count). The van der Waals surface area contributed by atoms with Crippen molar-refractivity contribution < 1.29 is 14.1 Å². The van der Waals surface area contributed by atoms with Crippen molar-refractivity contribution in [3.63, 3.8) is 0 Å². The van der Waals surface area contributed by atoms with E-state index in [0.717, 1.165) is 55.7 Å². The highest BCUT2D eigenvalue weighted by atomic mass is 19.1. The molecule has 0 bridgehead atoms. The largest absolute Gasteiger partial charge is 0.379 e. The normalized spacial score (nSPS) is 21.2. The Labute approximate surface area is 219 Å². The molecule has 6 nitrogen and oxygen atoms in total. The van der Waals surface area contributed by atoms with Gasteiger partial charge in [0.1, 0.15) is 11.9 Å². The molecule has 0 radical (unpaired) electrons. The first-order valence-electron chi connectivity index (χ1n) is 13.8. The highest BCUT2D eigenvalue weighted by Crippen LogP contribution is 2.49. The number of hydrogen-bond acceptors (Lipinski definition) is 5. The molecule has 1 saturated carbocycles. The molecule has 2 aliphatic heterocycles. The Morgan fingerprint density at radius 3 is 2.57 bits per heavy atom. The van der Waals surface area contributed by atoms with Crippen molar-refractivity contribution in [3.05, 3.63) is 64.6 Å². The summed E-state index contributed by atoms with van der Waals surface area (Å²) >= 11 is 0. The maximum Gasteiger partial charge on any atom is 0.160 e. The number of aromatic amines is 1. The van der Waals surface area contributed by atoms with Gasteiger partial charge in [0.05, 0.1) is 7.11 Å². The average molecular weight is 507 g/mol. The van der Waals surface area contributed by atoms with Crippen molar-refractivity contribution in [2.24, 2.45) is 5.92 Å². The third kappa shape index (κ3) is 5.15. The minimum absolute atomic E-state index is 0.133. The van der Waals surface area contributed by atoms with E-state index in [4.69, 9.17) is 9.68 Å². The molecule has 3 heterocycles. The van der Waals surface area contributed by atoms with Gasteiger partial charge >= 0.3 is 0 Å². The van der Waals surface area contributed by atoms with Gasteiger partial charge in [-0.3, -0.25) is 9.74 Å². The van der Waals surface area contributed by atoms with Crippen LogP contribution in [0.4, 0.5) is 4.39 Å². The highest BCUT2D eigenvalue weighted by molar-refractivity contribution is 5.83. The first-order chi connectivity index (χ1) is 18.0. The molecule has 1 N–H and O–H groups in total. The number of aromatic nitrogens is 1. The second kappa shape index (κ2) is 10.4. The number of hydroxylamine groups is 2. The molecule has 0 spiro atoms. The standard InChI is InChI=1S/C30H39FN4O2/c1-33(2)19-27-24(21-5-6-21)8-9-25-29(35(36-3)37-30(25)27)11-4-20-12-14-34(15-13-20)18-22-17-32-28-10-7-23(31)16-26(22)28/h7-10,16-17,20-21,29,32H,4-6,11-15,18-19H2,1-3H3. The van der Waals surface area contributed by atoms with Gasteiger partial charge in [-0.15, -0.1) is 0 Å². The summed E-state index contributed by atoms with van der Waals surface area (Å²) in [6.07, 6.45) is 9.17. The van der Waals surface area contributed by atoms with Crippen molar-refractivity contribution in [3.8, 4) is 5.75 Å². The Morgan fingerprint density at radius 2 is 1.84 bits per heavy atom. The first kappa shape index (κ1) is 24.9. The van der Waals surface area contributed by atoms with Crippen LogP contribution in [0.25, 0.3) is 10.9 Å². The lowest BCUT2D eigenvalue weighted by Gasteiger charge is -2.32. The zero-order valence-electron chi connectivity index (χ0n) is 22.3. The van der Waals surface area contributed by atoms with Gasteiger partial charge in [-0.25, -0.2) is 4.39 Å². The quantitative estimate of drug-likeness (QED) is 0.377. The SMILES string of the molecule is CON1Oc2c(ccc(C3CC3)c2CN(C)C)C1CCC1CCN(Cc2c[nH]c3ccc(F)cc23)CC1. The topological polar surface area (TPSA) is 44.0 Å². The molecule has 198 valence electrons. The summed E-state index contributed by atoms with van der Waals surface area (Å²) in [4.78, 5) is 20.1. The number of H-pyrrole nitrogens is 1. The lowest BCUT2D eigenvalue weighted by Crippen LogP contribution is -2.33. The number of hydrogen-bond donors (Lipinski definition) is 1. The van der Waals surface area contributed by atoms with E-state index in [2.05, 4.69) is 41.0 Å². The van der Waals surface area contributed by atoms with E-state index in [0.29, 0.717) is 11.8 Å². The van der Waals surface area contributed by atoms with Gasteiger partial charge in [-0.05, 0) is 112 Å². The number of halogens is 1. The molecule has 2 aromatic carbocycles. The second-order valence-electron chi connectivity index (χ2n) is 11.4. The van der Waals surface area contributed by atoms with E-state index in [1.807, 2.05) is 12.3 Å². The van der Waals surface area contributed by atoms with Gasteiger partial charge in [0.25, 0.3) is 0 Å². The van der Waals surface area contributed by atoms with Crippen LogP contribution in [0.3, 0.4) is 0 Å². The van der Waals surface area contributed by atoms with Gasteiger partial charge in [0.2, 0.25) is 0 Å². The molecule has 1 atom stereocenters. The summed E-state index contributed by atoms with van der Waals surface area (Å²) in [6.45, 7) is 3.92. The van der Waals surface area contributed by atoms with Gasteiger partial charge in [-0.1, -0.05) is 12.1 Å². The fourth-order valence-electron chi connectivity index (χ4n) is 6.33. The number of rotatable bonds is 9. The van der Waals surface area contributed by atoms with Crippen LogP contribution in [-0.2, 0) is 17.9 Å². The molecule has 3 aliphatic rings. The molecule has 3 aromatic rings. The second-order valence-corrected chi connectivity index (χ2v) is 11.4. The smallest absolute Gasteiger partial charge is 0.160 e. The minimum atomic E-state index is -0.174. The maximum atomic E-state index is 13.8. The molecular formula is C30H39FN4O2. The predicted octanol–water partition coefficient (Wildman–Crippen LogP) is 6.15. The number of benzene rings is 2. The lowest BCUT2D eigenvalue weighted by atomic mass is 9.88. The van der Waals surface area contributed by atoms with Crippen LogP contribution in [-0.4, -0.2) is 54.3 Å². The third-order valence-electron chi connectivity index (χ3n) is 8.47. The Kier molecular flexibility index (Phi) is 6.97. The van der Waals surface area contributed by atoms with Crippen molar-refractivity contribution in [1.29, 1.82) is 0 Å². The van der Waals surface area contributed by atoms with E-state index < -0.39 is 0 Å². The van der Waals surface area contributed by atoms with Crippen molar-refractivity contribution in [1.82, 2.24) is 20.0 Å². The summed E-state index contributed by atoms with van der Waals surface area (Å²) in [5.41, 5.74) is 6.25. The van der Waals surface area contributed by atoms with Crippen LogP contribution in [0.15, 0.2) is 36.5 Å².